The number of aliphatic hydroxyl groups is 1. The summed E-state index contributed by atoms with van der Waals surface area (Å²) >= 11 is 0. The third-order valence-electron chi connectivity index (χ3n) is 3.28. The highest BCUT2D eigenvalue weighted by atomic mass is 16.5. The number of rotatable bonds is 10. The fraction of sp³-hybridized carbons (Fsp3) is 1.00. The van der Waals surface area contributed by atoms with Crippen LogP contribution in [0.3, 0.4) is 0 Å². The van der Waals surface area contributed by atoms with Crippen molar-refractivity contribution in [3.8, 4) is 0 Å². The van der Waals surface area contributed by atoms with Crippen molar-refractivity contribution in [3.05, 3.63) is 0 Å². The fourth-order valence-electron chi connectivity index (χ4n) is 1.92. The van der Waals surface area contributed by atoms with E-state index in [0.29, 0.717) is 12.0 Å². The summed E-state index contributed by atoms with van der Waals surface area (Å²) in [5, 5.41) is 12.4. The molecule has 0 aliphatic carbocycles. The van der Waals surface area contributed by atoms with Gasteiger partial charge in [-0.1, -0.05) is 13.8 Å². The molecule has 104 valence electrons. The number of nitrogens with one attached hydrogen (secondary N) is 1. The minimum Gasteiger partial charge on any atom is -0.394 e. The van der Waals surface area contributed by atoms with E-state index in [-0.39, 0.29) is 12.1 Å². The van der Waals surface area contributed by atoms with Gasteiger partial charge in [0.2, 0.25) is 0 Å². The third-order valence-corrected chi connectivity index (χ3v) is 3.28. The van der Waals surface area contributed by atoms with Crippen molar-refractivity contribution >= 4 is 0 Å². The molecule has 0 saturated carbocycles. The first-order chi connectivity index (χ1) is 7.93. The van der Waals surface area contributed by atoms with Crippen molar-refractivity contribution in [1.29, 1.82) is 0 Å². The molecule has 0 fully saturated rings. The van der Waals surface area contributed by atoms with Gasteiger partial charge in [-0.3, -0.25) is 0 Å². The second-order valence-electron chi connectivity index (χ2n) is 5.74. The Hall–Kier alpha value is -0.120. The van der Waals surface area contributed by atoms with Crippen LogP contribution in [0.5, 0.6) is 0 Å². The summed E-state index contributed by atoms with van der Waals surface area (Å²) in [4.78, 5) is 0. The van der Waals surface area contributed by atoms with E-state index < -0.39 is 0 Å². The first-order valence-electron chi connectivity index (χ1n) is 6.85. The van der Waals surface area contributed by atoms with Crippen molar-refractivity contribution in [3.63, 3.8) is 0 Å². The second kappa shape index (κ2) is 8.90. The van der Waals surface area contributed by atoms with E-state index in [0.717, 1.165) is 32.3 Å². The Morgan fingerprint density at radius 1 is 1.24 bits per heavy atom. The van der Waals surface area contributed by atoms with Crippen molar-refractivity contribution in [2.45, 2.75) is 65.0 Å². The van der Waals surface area contributed by atoms with Crippen molar-refractivity contribution < 1.29 is 9.84 Å². The standard InChI is InChI=1S/C14H31NO2/c1-12(2)10-13(3)17-9-7-6-8-14(4,11-16)15-5/h12-13,15-16H,6-11H2,1-5H3. The molecule has 0 amide bonds. The Balaban J connectivity index is 3.52. The topological polar surface area (TPSA) is 41.5 Å². The van der Waals surface area contributed by atoms with E-state index in [1.54, 1.807) is 0 Å². The molecule has 0 aliphatic heterocycles. The lowest BCUT2D eigenvalue weighted by atomic mass is 9.96. The molecule has 0 bridgehead atoms. The largest absolute Gasteiger partial charge is 0.394 e. The average Bonchev–Trinajstić information content (AvgIpc) is 2.27. The van der Waals surface area contributed by atoms with E-state index in [4.69, 9.17) is 4.74 Å². The van der Waals surface area contributed by atoms with Crippen LogP contribution >= 0.6 is 0 Å². The lowest BCUT2D eigenvalue weighted by Gasteiger charge is -2.26. The predicted octanol–water partition coefficient (Wildman–Crippen LogP) is 2.58. The number of ether oxygens (including phenoxy) is 1. The average molecular weight is 245 g/mol. The summed E-state index contributed by atoms with van der Waals surface area (Å²) < 4.78 is 5.75. The normalized spacial score (nSPS) is 17.1. The van der Waals surface area contributed by atoms with E-state index in [1.165, 1.54) is 0 Å². The molecule has 2 atom stereocenters. The number of unbranched alkanes of at least 4 members (excludes halogenated alkanes) is 1. The molecule has 0 heterocycles. The third kappa shape index (κ3) is 8.58. The maximum absolute atomic E-state index is 9.24. The Labute approximate surface area is 107 Å². The molecule has 0 aliphatic rings. The monoisotopic (exact) mass is 245 g/mol. The minimum atomic E-state index is -0.135. The van der Waals surface area contributed by atoms with Gasteiger partial charge in [-0.25, -0.2) is 0 Å². The Morgan fingerprint density at radius 2 is 1.88 bits per heavy atom. The van der Waals surface area contributed by atoms with Crippen LogP contribution in [0.1, 0.15) is 53.4 Å². The molecule has 0 aromatic rings. The molecule has 0 saturated heterocycles. The van der Waals surface area contributed by atoms with Crippen LogP contribution in [0.25, 0.3) is 0 Å². The molecular formula is C14H31NO2. The fourth-order valence-corrected chi connectivity index (χ4v) is 1.92. The zero-order valence-electron chi connectivity index (χ0n) is 12.3. The Morgan fingerprint density at radius 3 is 2.35 bits per heavy atom. The van der Waals surface area contributed by atoms with Crippen LogP contribution in [0.4, 0.5) is 0 Å². The molecule has 3 heteroatoms. The lowest BCUT2D eigenvalue weighted by Crippen LogP contribution is -2.43. The van der Waals surface area contributed by atoms with Gasteiger partial charge >= 0.3 is 0 Å². The molecule has 2 unspecified atom stereocenters. The SMILES string of the molecule is CNC(C)(CO)CCCCOC(C)CC(C)C. The van der Waals surface area contributed by atoms with Gasteiger partial charge in [-0.05, 0) is 52.5 Å². The van der Waals surface area contributed by atoms with Crippen LogP contribution in [0.2, 0.25) is 0 Å². The summed E-state index contributed by atoms with van der Waals surface area (Å²) in [5.41, 5.74) is -0.135. The van der Waals surface area contributed by atoms with Gasteiger partial charge < -0.3 is 15.2 Å². The summed E-state index contributed by atoms with van der Waals surface area (Å²) in [6.45, 7) is 9.66. The lowest BCUT2D eigenvalue weighted by molar-refractivity contribution is 0.0478. The van der Waals surface area contributed by atoms with E-state index in [2.05, 4.69) is 33.0 Å². The summed E-state index contributed by atoms with van der Waals surface area (Å²) in [6.07, 6.45) is 4.64. The predicted molar refractivity (Wildman–Crippen MR) is 73.3 cm³/mol. The summed E-state index contributed by atoms with van der Waals surface area (Å²) in [6, 6.07) is 0. The Bertz CT molecular complexity index is 179. The minimum absolute atomic E-state index is 0.135. The quantitative estimate of drug-likeness (QED) is 0.581. The van der Waals surface area contributed by atoms with Gasteiger partial charge in [0.1, 0.15) is 0 Å². The molecule has 0 rings (SSSR count). The molecule has 0 radical (unpaired) electrons. The molecule has 3 nitrogen and oxygen atoms in total. The zero-order valence-corrected chi connectivity index (χ0v) is 12.3. The zero-order chi connectivity index (χ0) is 13.3. The maximum atomic E-state index is 9.24. The highest BCUT2D eigenvalue weighted by molar-refractivity contribution is 4.79. The maximum Gasteiger partial charge on any atom is 0.0610 e. The Kier molecular flexibility index (Phi) is 8.83. The van der Waals surface area contributed by atoms with E-state index in [9.17, 15) is 5.11 Å². The van der Waals surface area contributed by atoms with Crippen molar-refractivity contribution in [2.75, 3.05) is 20.3 Å². The van der Waals surface area contributed by atoms with E-state index in [1.807, 2.05) is 7.05 Å². The molecule has 0 spiro atoms. The van der Waals surface area contributed by atoms with Gasteiger partial charge in [0, 0.05) is 12.1 Å². The van der Waals surface area contributed by atoms with Crippen LogP contribution in [0, 0.1) is 5.92 Å². The highest BCUT2D eigenvalue weighted by Crippen LogP contribution is 2.13. The van der Waals surface area contributed by atoms with Crippen LogP contribution in [-0.4, -0.2) is 37.0 Å². The van der Waals surface area contributed by atoms with Gasteiger partial charge in [0.25, 0.3) is 0 Å². The van der Waals surface area contributed by atoms with Gasteiger partial charge in [0.15, 0.2) is 0 Å². The number of hydrogen-bond acceptors (Lipinski definition) is 3. The first-order valence-corrected chi connectivity index (χ1v) is 6.85. The van der Waals surface area contributed by atoms with Crippen LogP contribution < -0.4 is 5.32 Å². The summed E-state index contributed by atoms with van der Waals surface area (Å²) in [5.74, 6) is 0.701. The second-order valence-corrected chi connectivity index (χ2v) is 5.74. The molecular weight excluding hydrogens is 214 g/mol. The molecule has 0 aromatic carbocycles. The van der Waals surface area contributed by atoms with Crippen LogP contribution in [0.15, 0.2) is 0 Å². The van der Waals surface area contributed by atoms with Gasteiger partial charge in [-0.15, -0.1) is 0 Å². The molecule has 2 N–H and O–H groups in total. The van der Waals surface area contributed by atoms with Crippen molar-refractivity contribution in [1.82, 2.24) is 5.32 Å². The smallest absolute Gasteiger partial charge is 0.0610 e. The number of likely N-dealkylation sites (N-methyl/N-ethyl adjacent to an activating group) is 1. The van der Waals surface area contributed by atoms with E-state index >= 15 is 0 Å². The number of aliphatic hydroxyl groups excluding tert-OH is 1. The highest BCUT2D eigenvalue weighted by Gasteiger charge is 2.19. The molecule has 0 aromatic heterocycles. The van der Waals surface area contributed by atoms with Gasteiger partial charge in [0.05, 0.1) is 12.7 Å². The first kappa shape index (κ1) is 16.9. The van der Waals surface area contributed by atoms with Gasteiger partial charge in [-0.2, -0.15) is 0 Å². The van der Waals surface area contributed by atoms with Crippen molar-refractivity contribution in [2.24, 2.45) is 5.92 Å². The molecule has 17 heavy (non-hydrogen) atoms. The van der Waals surface area contributed by atoms with Crippen LogP contribution in [-0.2, 0) is 4.74 Å². The number of hydrogen-bond donors (Lipinski definition) is 2. The summed E-state index contributed by atoms with van der Waals surface area (Å²) in [7, 11) is 1.90.